The number of hydrogen-bond donors (Lipinski definition) is 1. The number of fused-ring (bicyclic) bond motifs is 1. The number of thioether (sulfide) groups is 1. The molecule has 0 radical (unpaired) electrons. The van der Waals surface area contributed by atoms with Crippen molar-refractivity contribution in [2.45, 2.75) is 37.0 Å². The molecule has 0 saturated heterocycles. The molecule has 3 rings (SSSR count). The molecule has 0 unspecified atom stereocenters. The topological polar surface area (TPSA) is 47.6 Å². The van der Waals surface area contributed by atoms with Crippen LogP contribution in [-0.2, 0) is 0 Å². The minimum atomic E-state index is -0.125. The zero-order valence-corrected chi connectivity index (χ0v) is 15.6. The van der Waals surface area contributed by atoms with Crippen LogP contribution in [0, 0.1) is 0 Å². The fourth-order valence-corrected chi connectivity index (χ4v) is 3.65. The van der Waals surface area contributed by atoms with Gasteiger partial charge in [-0.3, -0.25) is 4.79 Å². The third-order valence-corrected chi connectivity index (χ3v) is 4.99. The summed E-state index contributed by atoms with van der Waals surface area (Å²) in [5.74, 6) is 1.43. The van der Waals surface area contributed by atoms with Gasteiger partial charge >= 0.3 is 0 Å². The first kappa shape index (κ1) is 17.7. The smallest absolute Gasteiger partial charge is 0.252 e. The number of carbonyl (C=O) groups is 1. The standard InChI is InChI=1S/C20H23NO3S/c1-13(2)25-19-7-5-4-6-16(19)20(22)21-14(3)15-8-9-17-18(12-15)24-11-10-23-17/h4-9,12-14H,10-11H2,1-3H3,(H,21,22)/t14-/m0/s1. The van der Waals surface area contributed by atoms with Gasteiger partial charge in [-0.25, -0.2) is 0 Å². The highest BCUT2D eigenvalue weighted by atomic mass is 32.2. The Balaban J connectivity index is 1.75. The summed E-state index contributed by atoms with van der Waals surface area (Å²) >= 11 is 1.70. The number of benzene rings is 2. The monoisotopic (exact) mass is 357 g/mol. The zero-order chi connectivity index (χ0) is 17.8. The lowest BCUT2D eigenvalue weighted by molar-refractivity contribution is 0.0936. The van der Waals surface area contributed by atoms with Gasteiger partial charge in [-0.1, -0.05) is 32.0 Å². The second-order valence-electron chi connectivity index (χ2n) is 6.26. The van der Waals surface area contributed by atoms with Crippen molar-refractivity contribution in [3.63, 3.8) is 0 Å². The van der Waals surface area contributed by atoms with E-state index in [1.807, 2.05) is 49.4 Å². The average molecular weight is 357 g/mol. The Kier molecular flexibility index (Phi) is 5.53. The van der Waals surface area contributed by atoms with Crippen LogP contribution in [0.15, 0.2) is 47.4 Å². The molecule has 1 aliphatic heterocycles. The normalized spacial score (nSPS) is 14.2. The molecule has 0 saturated carbocycles. The number of ether oxygens (including phenoxy) is 2. The Morgan fingerprint density at radius 3 is 2.52 bits per heavy atom. The summed E-state index contributed by atoms with van der Waals surface area (Å²) in [7, 11) is 0. The van der Waals surface area contributed by atoms with E-state index in [-0.39, 0.29) is 11.9 Å². The van der Waals surface area contributed by atoms with Crippen LogP contribution < -0.4 is 14.8 Å². The van der Waals surface area contributed by atoms with Crippen molar-refractivity contribution in [3.8, 4) is 11.5 Å². The number of amides is 1. The number of carbonyl (C=O) groups excluding carboxylic acids is 1. The zero-order valence-electron chi connectivity index (χ0n) is 14.7. The van der Waals surface area contributed by atoms with Gasteiger partial charge in [0.25, 0.3) is 5.91 Å². The first-order chi connectivity index (χ1) is 12.0. The molecule has 5 heteroatoms. The van der Waals surface area contributed by atoms with Gasteiger partial charge < -0.3 is 14.8 Å². The highest BCUT2D eigenvalue weighted by Gasteiger charge is 2.18. The quantitative estimate of drug-likeness (QED) is 0.803. The molecule has 2 aromatic carbocycles. The van der Waals surface area contributed by atoms with Gasteiger partial charge in [0.15, 0.2) is 11.5 Å². The van der Waals surface area contributed by atoms with E-state index in [1.165, 1.54) is 0 Å². The first-order valence-corrected chi connectivity index (χ1v) is 9.38. The van der Waals surface area contributed by atoms with E-state index in [0.29, 0.717) is 24.0 Å². The number of nitrogens with one attached hydrogen (secondary N) is 1. The molecule has 0 aromatic heterocycles. The number of hydrogen-bond acceptors (Lipinski definition) is 4. The molecule has 25 heavy (non-hydrogen) atoms. The van der Waals surface area contributed by atoms with Crippen LogP contribution >= 0.6 is 11.8 Å². The van der Waals surface area contributed by atoms with Crippen LogP contribution in [0.4, 0.5) is 0 Å². The fourth-order valence-electron chi connectivity index (χ4n) is 2.70. The lowest BCUT2D eigenvalue weighted by Crippen LogP contribution is -2.27. The highest BCUT2D eigenvalue weighted by Crippen LogP contribution is 2.33. The molecule has 1 N–H and O–H groups in total. The second kappa shape index (κ2) is 7.83. The van der Waals surface area contributed by atoms with E-state index in [2.05, 4.69) is 19.2 Å². The van der Waals surface area contributed by atoms with Crippen molar-refractivity contribution in [1.29, 1.82) is 0 Å². The van der Waals surface area contributed by atoms with Crippen molar-refractivity contribution in [1.82, 2.24) is 5.32 Å². The predicted octanol–water partition coefficient (Wildman–Crippen LogP) is 4.45. The summed E-state index contributed by atoms with van der Waals surface area (Å²) < 4.78 is 11.2. The van der Waals surface area contributed by atoms with Gasteiger partial charge in [0, 0.05) is 10.1 Å². The molecular weight excluding hydrogens is 334 g/mol. The summed E-state index contributed by atoms with van der Waals surface area (Å²) in [6.45, 7) is 7.34. The molecule has 0 bridgehead atoms. The van der Waals surface area contributed by atoms with Gasteiger partial charge in [0.05, 0.1) is 11.6 Å². The van der Waals surface area contributed by atoms with Crippen molar-refractivity contribution in [2.24, 2.45) is 0 Å². The summed E-state index contributed by atoms with van der Waals surface area (Å²) in [6, 6.07) is 13.4. The first-order valence-electron chi connectivity index (χ1n) is 8.50. The molecule has 4 nitrogen and oxygen atoms in total. The van der Waals surface area contributed by atoms with Crippen molar-refractivity contribution in [2.75, 3.05) is 13.2 Å². The molecule has 0 spiro atoms. The van der Waals surface area contributed by atoms with Crippen LogP contribution in [0.25, 0.3) is 0 Å². The minimum absolute atomic E-state index is 0.0638. The molecule has 1 heterocycles. The molecule has 2 aromatic rings. The Morgan fingerprint density at radius 1 is 1.04 bits per heavy atom. The van der Waals surface area contributed by atoms with E-state index in [1.54, 1.807) is 11.8 Å². The van der Waals surface area contributed by atoms with Gasteiger partial charge in [0.1, 0.15) is 13.2 Å². The SMILES string of the molecule is CC(C)Sc1ccccc1C(=O)N[C@@H](C)c1ccc2c(c1)OCCO2. The third kappa shape index (κ3) is 4.28. The van der Waals surface area contributed by atoms with Crippen LogP contribution in [0.2, 0.25) is 0 Å². The van der Waals surface area contributed by atoms with Gasteiger partial charge in [-0.2, -0.15) is 0 Å². The van der Waals surface area contributed by atoms with Crippen LogP contribution in [0.5, 0.6) is 11.5 Å². The predicted molar refractivity (Wildman–Crippen MR) is 101 cm³/mol. The maximum absolute atomic E-state index is 12.7. The highest BCUT2D eigenvalue weighted by molar-refractivity contribution is 8.00. The van der Waals surface area contributed by atoms with E-state index in [4.69, 9.17) is 9.47 Å². The second-order valence-corrected chi connectivity index (χ2v) is 7.88. The van der Waals surface area contributed by atoms with Crippen molar-refractivity contribution >= 4 is 17.7 Å². The third-order valence-electron chi connectivity index (χ3n) is 3.91. The summed E-state index contributed by atoms with van der Waals surface area (Å²) in [5, 5.41) is 3.50. The van der Waals surface area contributed by atoms with E-state index < -0.39 is 0 Å². The molecular formula is C20H23NO3S. The van der Waals surface area contributed by atoms with E-state index >= 15 is 0 Å². The Morgan fingerprint density at radius 2 is 1.76 bits per heavy atom. The fraction of sp³-hybridized carbons (Fsp3) is 0.350. The van der Waals surface area contributed by atoms with Crippen LogP contribution in [-0.4, -0.2) is 24.4 Å². The lowest BCUT2D eigenvalue weighted by atomic mass is 10.1. The summed E-state index contributed by atoms with van der Waals surface area (Å²) in [4.78, 5) is 13.7. The summed E-state index contributed by atoms with van der Waals surface area (Å²) in [6.07, 6.45) is 0. The lowest BCUT2D eigenvalue weighted by Gasteiger charge is -2.21. The van der Waals surface area contributed by atoms with E-state index in [9.17, 15) is 4.79 Å². The van der Waals surface area contributed by atoms with Gasteiger partial charge in [-0.15, -0.1) is 11.8 Å². The van der Waals surface area contributed by atoms with Crippen LogP contribution in [0.3, 0.4) is 0 Å². The molecule has 1 amide bonds. The Hall–Kier alpha value is -2.14. The Labute approximate surface area is 152 Å². The molecule has 1 atom stereocenters. The summed E-state index contributed by atoms with van der Waals surface area (Å²) in [5.41, 5.74) is 1.71. The maximum atomic E-state index is 12.7. The minimum Gasteiger partial charge on any atom is -0.486 e. The molecule has 0 fully saturated rings. The van der Waals surface area contributed by atoms with E-state index in [0.717, 1.165) is 22.0 Å². The largest absolute Gasteiger partial charge is 0.486 e. The van der Waals surface area contributed by atoms with Gasteiger partial charge in [-0.05, 0) is 36.8 Å². The number of rotatable bonds is 5. The average Bonchev–Trinajstić information content (AvgIpc) is 2.61. The van der Waals surface area contributed by atoms with Crippen molar-refractivity contribution in [3.05, 3.63) is 53.6 Å². The molecule has 1 aliphatic rings. The van der Waals surface area contributed by atoms with Gasteiger partial charge in [0.2, 0.25) is 0 Å². The Bertz CT molecular complexity index is 760. The van der Waals surface area contributed by atoms with Crippen molar-refractivity contribution < 1.29 is 14.3 Å². The molecule has 132 valence electrons. The van der Waals surface area contributed by atoms with Crippen LogP contribution in [0.1, 0.15) is 42.7 Å². The maximum Gasteiger partial charge on any atom is 0.252 e. The molecule has 0 aliphatic carbocycles.